The summed E-state index contributed by atoms with van der Waals surface area (Å²) in [4.78, 5) is 11.8. The maximum absolute atomic E-state index is 11.8. The smallest absolute Gasteiger partial charge is 0.238 e. The van der Waals surface area contributed by atoms with Gasteiger partial charge in [-0.1, -0.05) is 24.4 Å². The molecule has 98 valence electrons. The minimum atomic E-state index is -0.0363. The fourth-order valence-electron chi connectivity index (χ4n) is 2.15. The zero-order chi connectivity index (χ0) is 13.0. The Labute approximate surface area is 126 Å². The topological polar surface area (TPSA) is 41.1 Å². The number of carbonyl (C=O) groups excluding carboxylic acids is 1. The monoisotopic (exact) mass is 378 g/mol. The minimum Gasteiger partial charge on any atom is -0.324 e. The first kappa shape index (κ1) is 14.1. The first-order chi connectivity index (χ1) is 8.65. The fraction of sp³-hybridized carbons (Fsp3) is 0.462. The number of anilines is 1. The fourth-order valence-corrected chi connectivity index (χ4v) is 2.81. The van der Waals surface area contributed by atoms with Gasteiger partial charge in [0.2, 0.25) is 5.91 Å². The third kappa shape index (κ3) is 4.10. The highest BCUT2D eigenvalue weighted by Crippen LogP contribution is 2.23. The van der Waals surface area contributed by atoms with Crippen molar-refractivity contribution in [2.45, 2.75) is 31.7 Å². The molecule has 1 aliphatic carbocycles. The SMILES string of the molecule is O=C(CNC1CCCC1)Nc1cc(I)ccc1Cl. The van der Waals surface area contributed by atoms with E-state index in [0.717, 1.165) is 3.57 Å². The van der Waals surface area contributed by atoms with Crippen molar-refractivity contribution in [2.24, 2.45) is 0 Å². The number of carbonyl (C=O) groups is 1. The average Bonchev–Trinajstić information content (AvgIpc) is 2.84. The Morgan fingerprint density at radius 3 is 2.83 bits per heavy atom. The van der Waals surface area contributed by atoms with Crippen LogP contribution in [0.5, 0.6) is 0 Å². The molecule has 1 saturated carbocycles. The Balaban J connectivity index is 1.84. The Hall–Kier alpha value is -0.330. The molecule has 1 aromatic rings. The van der Waals surface area contributed by atoms with Crippen molar-refractivity contribution in [1.82, 2.24) is 5.32 Å². The van der Waals surface area contributed by atoms with Crippen LogP contribution < -0.4 is 10.6 Å². The average molecular weight is 379 g/mol. The summed E-state index contributed by atoms with van der Waals surface area (Å²) in [6.45, 7) is 0.354. The molecule has 0 aliphatic heterocycles. The molecule has 2 rings (SSSR count). The van der Waals surface area contributed by atoms with E-state index >= 15 is 0 Å². The van der Waals surface area contributed by atoms with Crippen molar-refractivity contribution in [1.29, 1.82) is 0 Å². The van der Waals surface area contributed by atoms with Gasteiger partial charge in [0.25, 0.3) is 0 Å². The maximum atomic E-state index is 11.8. The number of halogens is 2. The lowest BCUT2D eigenvalue weighted by molar-refractivity contribution is -0.115. The summed E-state index contributed by atoms with van der Waals surface area (Å²) in [6, 6.07) is 6.08. The van der Waals surface area contributed by atoms with Crippen LogP contribution in [0.15, 0.2) is 18.2 Å². The van der Waals surface area contributed by atoms with Gasteiger partial charge in [-0.3, -0.25) is 4.79 Å². The summed E-state index contributed by atoms with van der Waals surface area (Å²) in [7, 11) is 0. The molecule has 0 spiro atoms. The molecule has 3 nitrogen and oxygen atoms in total. The second kappa shape index (κ2) is 6.73. The van der Waals surface area contributed by atoms with Gasteiger partial charge in [-0.2, -0.15) is 0 Å². The van der Waals surface area contributed by atoms with Crippen LogP contribution in [0.4, 0.5) is 5.69 Å². The van der Waals surface area contributed by atoms with Gasteiger partial charge in [-0.05, 0) is 53.6 Å². The van der Waals surface area contributed by atoms with Gasteiger partial charge in [-0.25, -0.2) is 0 Å². The summed E-state index contributed by atoms with van der Waals surface area (Å²) in [5.74, 6) is -0.0363. The molecule has 1 aromatic carbocycles. The molecule has 1 amide bonds. The highest BCUT2D eigenvalue weighted by molar-refractivity contribution is 14.1. The van der Waals surface area contributed by atoms with Crippen LogP contribution in [0.25, 0.3) is 0 Å². The maximum Gasteiger partial charge on any atom is 0.238 e. The molecule has 0 radical (unpaired) electrons. The van der Waals surface area contributed by atoms with E-state index in [9.17, 15) is 4.79 Å². The summed E-state index contributed by atoms with van der Waals surface area (Å²) < 4.78 is 1.05. The highest BCUT2D eigenvalue weighted by atomic mass is 127. The molecule has 0 heterocycles. The van der Waals surface area contributed by atoms with Gasteiger partial charge < -0.3 is 10.6 Å². The molecule has 0 unspecified atom stereocenters. The Morgan fingerprint density at radius 1 is 1.39 bits per heavy atom. The molecular weight excluding hydrogens is 363 g/mol. The second-order valence-electron chi connectivity index (χ2n) is 4.53. The number of hydrogen-bond acceptors (Lipinski definition) is 2. The van der Waals surface area contributed by atoms with Crippen LogP contribution in [-0.4, -0.2) is 18.5 Å². The zero-order valence-corrected chi connectivity index (χ0v) is 12.9. The summed E-state index contributed by atoms with van der Waals surface area (Å²) in [6.07, 6.45) is 4.89. The molecule has 0 saturated heterocycles. The first-order valence-electron chi connectivity index (χ1n) is 6.13. The molecule has 5 heteroatoms. The number of amides is 1. The molecule has 2 N–H and O–H groups in total. The molecule has 1 aliphatic rings. The first-order valence-corrected chi connectivity index (χ1v) is 7.59. The van der Waals surface area contributed by atoms with Crippen molar-refractivity contribution in [3.8, 4) is 0 Å². The molecule has 18 heavy (non-hydrogen) atoms. The second-order valence-corrected chi connectivity index (χ2v) is 6.19. The van der Waals surface area contributed by atoms with Crippen molar-refractivity contribution < 1.29 is 4.79 Å². The summed E-state index contributed by atoms with van der Waals surface area (Å²) in [5.41, 5.74) is 0.682. The third-order valence-corrected chi connectivity index (χ3v) is 4.11. The molecule has 1 fully saturated rings. The largest absolute Gasteiger partial charge is 0.324 e. The van der Waals surface area contributed by atoms with E-state index < -0.39 is 0 Å². The number of benzene rings is 1. The van der Waals surface area contributed by atoms with Gasteiger partial charge in [0.05, 0.1) is 17.3 Å². The molecule has 0 bridgehead atoms. The van der Waals surface area contributed by atoms with Crippen LogP contribution in [0.1, 0.15) is 25.7 Å². The van der Waals surface area contributed by atoms with Gasteiger partial charge in [0.1, 0.15) is 0 Å². The van der Waals surface area contributed by atoms with Crippen LogP contribution in [0, 0.1) is 3.57 Å². The van der Waals surface area contributed by atoms with Crippen LogP contribution in [0.2, 0.25) is 5.02 Å². The van der Waals surface area contributed by atoms with E-state index in [1.165, 1.54) is 25.7 Å². The minimum absolute atomic E-state index is 0.0363. The van der Waals surface area contributed by atoms with Gasteiger partial charge >= 0.3 is 0 Å². The highest BCUT2D eigenvalue weighted by Gasteiger charge is 2.15. The lowest BCUT2D eigenvalue weighted by Crippen LogP contribution is -2.34. The lowest BCUT2D eigenvalue weighted by Gasteiger charge is -2.12. The van der Waals surface area contributed by atoms with Crippen LogP contribution in [0.3, 0.4) is 0 Å². The van der Waals surface area contributed by atoms with Crippen molar-refractivity contribution in [2.75, 3.05) is 11.9 Å². The van der Waals surface area contributed by atoms with Gasteiger partial charge in [0, 0.05) is 9.61 Å². The predicted molar refractivity (Wildman–Crippen MR) is 83.1 cm³/mol. The quantitative estimate of drug-likeness (QED) is 0.788. The Morgan fingerprint density at radius 2 is 2.11 bits per heavy atom. The van der Waals surface area contributed by atoms with E-state index in [1.807, 2.05) is 12.1 Å². The Kier molecular flexibility index (Phi) is 5.26. The molecule has 0 aromatic heterocycles. The Bertz CT molecular complexity index is 433. The van der Waals surface area contributed by atoms with Crippen LogP contribution in [-0.2, 0) is 4.79 Å². The molecule has 0 atom stereocenters. The third-order valence-electron chi connectivity index (χ3n) is 3.11. The standard InChI is InChI=1S/C13H16ClIN2O/c14-11-6-5-9(15)7-12(11)17-13(18)8-16-10-3-1-2-4-10/h5-7,10,16H,1-4,8H2,(H,17,18). The number of nitrogens with one attached hydrogen (secondary N) is 2. The summed E-state index contributed by atoms with van der Waals surface area (Å²) >= 11 is 8.22. The molecular formula is C13H16ClIN2O. The predicted octanol–water partition coefficient (Wildman–Crippen LogP) is 3.42. The van der Waals surface area contributed by atoms with Crippen molar-refractivity contribution >= 4 is 45.8 Å². The number of hydrogen-bond donors (Lipinski definition) is 2. The van der Waals surface area contributed by atoms with E-state index in [4.69, 9.17) is 11.6 Å². The normalized spacial score (nSPS) is 15.9. The van der Waals surface area contributed by atoms with E-state index in [1.54, 1.807) is 6.07 Å². The van der Waals surface area contributed by atoms with Gasteiger partial charge in [0.15, 0.2) is 0 Å². The van der Waals surface area contributed by atoms with E-state index in [-0.39, 0.29) is 5.91 Å². The lowest BCUT2D eigenvalue weighted by atomic mass is 10.2. The van der Waals surface area contributed by atoms with Gasteiger partial charge in [-0.15, -0.1) is 0 Å². The summed E-state index contributed by atoms with van der Waals surface area (Å²) in [5, 5.41) is 6.69. The van der Waals surface area contributed by atoms with E-state index in [2.05, 4.69) is 33.2 Å². The van der Waals surface area contributed by atoms with Crippen molar-refractivity contribution in [3.05, 3.63) is 26.8 Å². The zero-order valence-electron chi connectivity index (χ0n) is 10.0. The van der Waals surface area contributed by atoms with Crippen molar-refractivity contribution in [3.63, 3.8) is 0 Å². The number of rotatable bonds is 4. The van der Waals surface area contributed by atoms with E-state index in [0.29, 0.717) is 23.3 Å². The van der Waals surface area contributed by atoms with Crippen LogP contribution >= 0.6 is 34.2 Å².